The Morgan fingerprint density at radius 2 is 1.74 bits per heavy atom. The normalized spacial score (nSPS) is 16.3. The van der Waals surface area contributed by atoms with Gasteiger partial charge in [0.2, 0.25) is 0 Å². The van der Waals surface area contributed by atoms with Crippen molar-refractivity contribution in [2.75, 3.05) is 24.6 Å². The lowest BCUT2D eigenvalue weighted by molar-refractivity contribution is 0.169. The number of rotatable bonds is 5. The van der Waals surface area contributed by atoms with Crippen molar-refractivity contribution in [3.8, 4) is 0 Å². The smallest absolute Gasteiger partial charge is 0.426 e. The van der Waals surface area contributed by atoms with Crippen molar-refractivity contribution in [2.45, 2.75) is 25.3 Å². The summed E-state index contributed by atoms with van der Waals surface area (Å²) in [5, 5.41) is 11.0. The largest absolute Gasteiger partial charge is 0.464 e. The van der Waals surface area contributed by atoms with Crippen molar-refractivity contribution in [1.82, 2.24) is 9.58 Å². The zero-order valence-corrected chi connectivity index (χ0v) is 13.2. The van der Waals surface area contributed by atoms with Gasteiger partial charge in [0.1, 0.15) is 0 Å². The van der Waals surface area contributed by atoms with Crippen LogP contribution in [0.4, 0.5) is 4.79 Å². The van der Waals surface area contributed by atoms with Gasteiger partial charge in [-0.25, -0.2) is 9.80 Å². The second-order valence-electron chi connectivity index (χ2n) is 6.00. The summed E-state index contributed by atoms with van der Waals surface area (Å²) in [6.07, 6.45) is 5.49. The van der Waals surface area contributed by atoms with Gasteiger partial charge in [-0.15, -0.1) is 0 Å². The second kappa shape index (κ2) is 7.33. The highest BCUT2D eigenvalue weighted by Crippen LogP contribution is 2.17. The number of carboxylic acid groups (broad SMARTS) is 1. The average Bonchev–Trinajstić information content (AvgIpc) is 3.09. The van der Waals surface area contributed by atoms with Gasteiger partial charge in [-0.05, 0) is 37.0 Å². The highest BCUT2D eigenvalue weighted by atomic mass is 16.4. The number of carbonyl (C=O) groups is 1. The Balaban J connectivity index is 1.52. The Hall–Kier alpha value is -2.27. The molecule has 1 saturated heterocycles. The molecule has 0 radical (unpaired) electrons. The monoisotopic (exact) mass is 313 g/mol. The molecule has 2 aromatic rings. The van der Waals surface area contributed by atoms with Crippen LogP contribution < -0.4 is 5.01 Å². The number of hydrogen-bond donors (Lipinski definition) is 1. The minimum absolute atomic E-state index is 0.0490. The van der Waals surface area contributed by atoms with E-state index in [-0.39, 0.29) is 6.04 Å². The predicted octanol–water partition coefficient (Wildman–Crippen LogP) is 2.81. The van der Waals surface area contributed by atoms with Crippen LogP contribution in [-0.2, 0) is 6.42 Å². The second-order valence-corrected chi connectivity index (χ2v) is 6.00. The van der Waals surface area contributed by atoms with E-state index in [2.05, 4.69) is 29.2 Å². The first kappa shape index (κ1) is 15.6. The van der Waals surface area contributed by atoms with Crippen molar-refractivity contribution in [3.05, 3.63) is 60.4 Å². The molecule has 0 bridgehead atoms. The molecule has 1 aliphatic rings. The third kappa shape index (κ3) is 3.93. The van der Waals surface area contributed by atoms with Crippen LogP contribution in [0.1, 0.15) is 18.4 Å². The van der Waals surface area contributed by atoms with Crippen molar-refractivity contribution in [3.63, 3.8) is 0 Å². The summed E-state index contributed by atoms with van der Waals surface area (Å²) >= 11 is 0. The molecule has 1 amide bonds. The molecule has 5 nitrogen and oxygen atoms in total. The van der Waals surface area contributed by atoms with Gasteiger partial charge >= 0.3 is 6.09 Å². The number of nitrogens with zero attached hydrogens (tertiary/aromatic N) is 3. The molecule has 3 rings (SSSR count). The van der Waals surface area contributed by atoms with E-state index in [1.165, 1.54) is 10.6 Å². The fourth-order valence-corrected chi connectivity index (χ4v) is 3.23. The van der Waals surface area contributed by atoms with E-state index in [0.29, 0.717) is 0 Å². The van der Waals surface area contributed by atoms with Crippen molar-refractivity contribution >= 4 is 6.09 Å². The van der Waals surface area contributed by atoms with Gasteiger partial charge < -0.3 is 10.0 Å². The van der Waals surface area contributed by atoms with Crippen molar-refractivity contribution in [1.29, 1.82) is 0 Å². The van der Waals surface area contributed by atoms with E-state index in [1.807, 2.05) is 18.2 Å². The molecule has 23 heavy (non-hydrogen) atoms. The van der Waals surface area contributed by atoms with E-state index in [9.17, 15) is 9.90 Å². The average molecular weight is 313 g/mol. The van der Waals surface area contributed by atoms with E-state index in [4.69, 9.17) is 0 Å². The summed E-state index contributed by atoms with van der Waals surface area (Å²) in [4.78, 5) is 14.0. The molecular formula is C18H23N3O2. The van der Waals surface area contributed by atoms with Gasteiger partial charge in [-0.3, -0.25) is 4.68 Å². The van der Waals surface area contributed by atoms with E-state index in [1.54, 1.807) is 17.1 Å². The van der Waals surface area contributed by atoms with Gasteiger partial charge in [0.05, 0.1) is 6.04 Å². The van der Waals surface area contributed by atoms with Crippen molar-refractivity contribution in [2.24, 2.45) is 0 Å². The molecule has 5 heteroatoms. The summed E-state index contributed by atoms with van der Waals surface area (Å²) in [6, 6.07) is 14.3. The van der Waals surface area contributed by atoms with E-state index < -0.39 is 6.09 Å². The predicted molar refractivity (Wildman–Crippen MR) is 90.3 cm³/mol. The third-order valence-electron chi connectivity index (χ3n) is 4.50. The van der Waals surface area contributed by atoms with Crippen LogP contribution in [0.3, 0.4) is 0 Å². The van der Waals surface area contributed by atoms with Gasteiger partial charge in [0.15, 0.2) is 0 Å². The number of piperidine rings is 1. The summed E-state index contributed by atoms with van der Waals surface area (Å²) in [5.41, 5.74) is 1.36. The Labute approximate surface area is 136 Å². The van der Waals surface area contributed by atoms with Crippen LogP contribution in [0.25, 0.3) is 0 Å². The first-order valence-corrected chi connectivity index (χ1v) is 8.16. The maximum atomic E-state index is 11.6. The Bertz CT molecular complexity index is 604. The molecule has 1 aromatic carbocycles. The van der Waals surface area contributed by atoms with Crippen LogP contribution in [0, 0.1) is 0 Å². The number of amides is 1. The number of benzene rings is 1. The lowest BCUT2D eigenvalue weighted by atomic mass is 10.0. The highest BCUT2D eigenvalue weighted by molar-refractivity contribution is 5.77. The Kier molecular flexibility index (Phi) is 4.98. The number of aromatic nitrogens is 1. The van der Waals surface area contributed by atoms with Gasteiger partial charge in [0.25, 0.3) is 0 Å². The molecule has 1 aromatic heterocycles. The van der Waals surface area contributed by atoms with Crippen LogP contribution in [-0.4, -0.2) is 46.5 Å². The van der Waals surface area contributed by atoms with E-state index in [0.717, 1.165) is 38.9 Å². The van der Waals surface area contributed by atoms with Crippen molar-refractivity contribution < 1.29 is 9.90 Å². The topological polar surface area (TPSA) is 48.7 Å². The van der Waals surface area contributed by atoms with Gasteiger partial charge in [-0.2, -0.15) is 0 Å². The summed E-state index contributed by atoms with van der Waals surface area (Å²) in [7, 11) is 0. The highest BCUT2D eigenvalue weighted by Gasteiger charge is 2.28. The maximum absolute atomic E-state index is 11.6. The SMILES string of the molecule is O=C(O)N(C1CCN(CCc2ccccc2)CC1)n1cccc1. The molecule has 0 spiro atoms. The zero-order chi connectivity index (χ0) is 16.1. The molecule has 1 fully saturated rings. The maximum Gasteiger partial charge on any atom is 0.426 e. The molecule has 2 heterocycles. The molecule has 0 unspecified atom stereocenters. The Morgan fingerprint density at radius 3 is 2.35 bits per heavy atom. The Morgan fingerprint density at radius 1 is 1.09 bits per heavy atom. The van der Waals surface area contributed by atoms with Crippen LogP contribution >= 0.6 is 0 Å². The van der Waals surface area contributed by atoms with Gasteiger partial charge in [0, 0.05) is 32.0 Å². The van der Waals surface area contributed by atoms with Gasteiger partial charge in [-0.1, -0.05) is 30.3 Å². The molecule has 0 atom stereocenters. The first-order chi connectivity index (χ1) is 11.2. The molecule has 1 aliphatic heterocycles. The fourth-order valence-electron chi connectivity index (χ4n) is 3.23. The molecule has 0 saturated carbocycles. The minimum atomic E-state index is -0.885. The first-order valence-electron chi connectivity index (χ1n) is 8.16. The number of likely N-dealkylation sites (tertiary alicyclic amines) is 1. The van der Waals surface area contributed by atoms with E-state index >= 15 is 0 Å². The summed E-state index contributed by atoms with van der Waals surface area (Å²) in [6.45, 7) is 2.93. The number of hydrogen-bond acceptors (Lipinski definition) is 2. The zero-order valence-electron chi connectivity index (χ0n) is 13.2. The third-order valence-corrected chi connectivity index (χ3v) is 4.50. The lowest BCUT2D eigenvalue weighted by Gasteiger charge is -2.37. The molecule has 0 aliphatic carbocycles. The molecular weight excluding hydrogens is 290 g/mol. The molecule has 122 valence electrons. The van der Waals surface area contributed by atoms with Crippen LogP contribution in [0.5, 0.6) is 0 Å². The van der Waals surface area contributed by atoms with Crippen LogP contribution in [0.2, 0.25) is 0 Å². The minimum Gasteiger partial charge on any atom is -0.464 e. The lowest BCUT2D eigenvalue weighted by Crippen LogP contribution is -2.52. The van der Waals surface area contributed by atoms with Crippen LogP contribution in [0.15, 0.2) is 54.9 Å². The fraction of sp³-hybridized carbons (Fsp3) is 0.389. The summed E-state index contributed by atoms with van der Waals surface area (Å²) in [5.74, 6) is 0. The molecule has 1 N–H and O–H groups in total. The standard InChI is InChI=1S/C18H23N3O2/c22-18(23)21(20-11-4-5-12-20)17-9-14-19(15-10-17)13-8-16-6-2-1-3-7-16/h1-7,11-12,17H,8-10,13-15H2,(H,22,23). The quantitative estimate of drug-likeness (QED) is 0.923. The summed E-state index contributed by atoms with van der Waals surface area (Å²) < 4.78 is 1.67.